The standard InChI is InChI=1S/C44H41N9O12/c1-6-15-63-44(59)49-30-18-23-7-13-32(28(16-23)52-45)64-34-20-26-21-35(38(34)61-4)65-33-14-8-24(17-29(33)53-46)19-31(43(58)62-5)48-41(56)36(25-9-11-27(60-3)12-10-25)51-42(57)37(26)50-39(54)22(2)47-40(30)55/h6-14,16-17,20-22,30-31,36-37H,1,15,18-19H2,2-5H3,(H3-2,47,48,49,50,51,54,55,56,57,59)/p+2. The van der Waals surface area contributed by atoms with E-state index in [2.05, 4.69) is 43.1 Å². The second-order valence-electron chi connectivity index (χ2n) is 14.5. The summed E-state index contributed by atoms with van der Waals surface area (Å²) in [6.07, 6.45) is -0.0196. The van der Waals surface area contributed by atoms with E-state index in [-0.39, 0.29) is 70.7 Å². The van der Waals surface area contributed by atoms with Crippen molar-refractivity contribution in [3.05, 3.63) is 118 Å². The van der Waals surface area contributed by atoms with Crippen molar-refractivity contribution >= 4 is 47.1 Å². The monoisotopic (exact) mass is 889 g/mol. The van der Waals surface area contributed by atoms with Crippen molar-refractivity contribution in [2.75, 3.05) is 27.9 Å². The third-order valence-corrected chi connectivity index (χ3v) is 10.2. The summed E-state index contributed by atoms with van der Waals surface area (Å²) in [6.45, 7) is 4.66. The number of esters is 1. The van der Waals surface area contributed by atoms with Crippen molar-refractivity contribution in [3.8, 4) is 34.5 Å². The van der Waals surface area contributed by atoms with Crippen LogP contribution in [0.15, 0.2) is 85.5 Å². The van der Waals surface area contributed by atoms with E-state index in [0.717, 1.165) is 7.11 Å². The van der Waals surface area contributed by atoms with E-state index in [1.807, 2.05) is 0 Å². The number of methoxy groups -OCH3 is 3. The van der Waals surface area contributed by atoms with Crippen LogP contribution in [0.3, 0.4) is 0 Å². The van der Waals surface area contributed by atoms with Crippen molar-refractivity contribution < 1.29 is 57.2 Å². The molecule has 8 rings (SSSR count). The molecule has 4 aliphatic rings. The van der Waals surface area contributed by atoms with E-state index in [9.17, 15) is 39.6 Å². The van der Waals surface area contributed by atoms with Gasteiger partial charge in [0.05, 0.1) is 21.3 Å². The summed E-state index contributed by atoms with van der Waals surface area (Å²) in [6, 6.07) is 10.1. The molecule has 5 N–H and O–H groups in total. The van der Waals surface area contributed by atoms with Crippen molar-refractivity contribution in [2.45, 2.75) is 50.0 Å². The van der Waals surface area contributed by atoms with Crippen LogP contribution in [-0.4, -0.2) is 81.8 Å². The Hall–Kier alpha value is -8.72. The Kier molecular flexibility index (Phi) is 14.4. The van der Waals surface area contributed by atoms with Crippen LogP contribution in [0, 0.1) is 10.8 Å². The second kappa shape index (κ2) is 20.4. The molecule has 5 unspecified atom stereocenters. The molecule has 4 aromatic rings. The van der Waals surface area contributed by atoms with Gasteiger partial charge in [-0.15, -0.1) is 0 Å². The molecule has 21 heteroatoms. The summed E-state index contributed by atoms with van der Waals surface area (Å²) in [5.41, 5.74) is 0.686. The summed E-state index contributed by atoms with van der Waals surface area (Å²) >= 11 is 0. The number of nitrogens with zero attached hydrogens (tertiary/aromatic N) is 4. The minimum atomic E-state index is -1.75. The van der Waals surface area contributed by atoms with Crippen LogP contribution >= 0.6 is 0 Å². The van der Waals surface area contributed by atoms with Gasteiger partial charge in [-0.1, -0.05) is 36.9 Å². The first-order chi connectivity index (χ1) is 31.3. The number of carbonyl (C=O) groups is 6. The van der Waals surface area contributed by atoms with E-state index in [1.165, 1.54) is 81.8 Å². The molecular weight excluding hydrogens is 847 g/mol. The normalized spacial score (nSPS) is 19.6. The molecule has 5 atom stereocenters. The molecule has 0 saturated carbocycles. The predicted molar refractivity (Wildman–Crippen MR) is 228 cm³/mol. The van der Waals surface area contributed by atoms with Crippen LogP contribution in [0.2, 0.25) is 0 Å². The topological polar surface area (TPSA) is 274 Å². The molecule has 0 aromatic heterocycles. The summed E-state index contributed by atoms with van der Waals surface area (Å²) in [5, 5.41) is 33.3. The molecule has 4 aromatic carbocycles. The maximum atomic E-state index is 14.9. The van der Waals surface area contributed by atoms with Gasteiger partial charge in [0, 0.05) is 25.0 Å². The highest BCUT2D eigenvalue weighted by atomic mass is 16.6. The highest BCUT2D eigenvalue weighted by Crippen LogP contribution is 2.47. The fourth-order valence-corrected chi connectivity index (χ4v) is 6.92. The Morgan fingerprint density at radius 1 is 0.723 bits per heavy atom. The Bertz CT molecular complexity index is 2630. The molecule has 334 valence electrons. The quantitative estimate of drug-likeness (QED) is 0.0945. The van der Waals surface area contributed by atoms with Gasteiger partial charge in [-0.05, 0) is 65.6 Å². The van der Waals surface area contributed by atoms with Gasteiger partial charge in [-0.2, -0.15) is 0 Å². The molecular formula is C44H43N9O12+2. The molecule has 0 spiro atoms. The molecule has 4 heterocycles. The molecule has 65 heavy (non-hydrogen) atoms. The van der Waals surface area contributed by atoms with Gasteiger partial charge in [0.2, 0.25) is 51.7 Å². The van der Waals surface area contributed by atoms with Crippen LogP contribution in [0.1, 0.15) is 41.3 Å². The van der Waals surface area contributed by atoms with Gasteiger partial charge in [0.1, 0.15) is 42.6 Å². The average molecular weight is 890 g/mol. The lowest BCUT2D eigenvalue weighted by molar-refractivity contribution is -0.145. The number of hydrogen-bond acceptors (Lipinski definition) is 14. The van der Waals surface area contributed by atoms with Gasteiger partial charge in [-0.25, -0.2) is 9.59 Å². The van der Waals surface area contributed by atoms with Crippen molar-refractivity contribution in [2.24, 2.45) is 0 Å². The number of amides is 5. The van der Waals surface area contributed by atoms with Crippen LogP contribution in [-0.2, 0) is 46.3 Å². The maximum absolute atomic E-state index is 14.9. The van der Waals surface area contributed by atoms with E-state index in [4.69, 9.17) is 28.4 Å². The molecule has 5 amide bonds. The summed E-state index contributed by atoms with van der Waals surface area (Å²) in [5.74, 6) is -4.54. The second-order valence-corrected chi connectivity index (χ2v) is 14.5. The van der Waals surface area contributed by atoms with Gasteiger partial charge in [0.25, 0.3) is 0 Å². The van der Waals surface area contributed by atoms with E-state index < -0.39 is 65.9 Å². The summed E-state index contributed by atoms with van der Waals surface area (Å²) in [7, 11) is 3.87. The van der Waals surface area contributed by atoms with E-state index in [1.54, 1.807) is 18.2 Å². The number of rotatable bonds is 7. The van der Waals surface area contributed by atoms with Gasteiger partial charge >= 0.3 is 23.4 Å². The predicted octanol–water partition coefficient (Wildman–Crippen LogP) is 4.83. The van der Waals surface area contributed by atoms with Gasteiger partial charge in [0.15, 0.2) is 21.5 Å². The number of alkyl carbamates (subject to hydrolysis) is 1. The zero-order valence-corrected chi connectivity index (χ0v) is 35.4. The zero-order chi connectivity index (χ0) is 46.8. The Morgan fingerprint density at radius 2 is 1.29 bits per heavy atom. The van der Waals surface area contributed by atoms with Crippen LogP contribution in [0.5, 0.6) is 34.5 Å². The fraction of sp³-hybridized carbons (Fsp3) is 0.273. The molecule has 0 aliphatic carbocycles. The molecule has 21 nitrogen and oxygen atoms in total. The number of fused-ring (bicyclic) bond motifs is 16. The molecule has 0 radical (unpaired) electrons. The molecule has 0 fully saturated rings. The van der Waals surface area contributed by atoms with Crippen LogP contribution < -0.4 is 45.5 Å². The number of ether oxygens (including phenoxy) is 6. The Morgan fingerprint density at radius 3 is 1.85 bits per heavy atom. The minimum absolute atomic E-state index is 0.0524. The minimum Gasteiger partial charge on any atom is -0.497 e. The first kappa shape index (κ1) is 45.8. The average Bonchev–Trinajstić information content (AvgIpc) is 3.30. The van der Waals surface area contributed by atoms with Crippen molar-refractivity contribution in [3.63, 3.8) is 0 Å². The first-order valence-corrected chi connectivity index (χ1v) is 19.8. The highest BCUT2D eigenvalue weighted by molar-refractivity contribution is 5.97. The Labute approximate surface area is 371 Å². The summed E-state index contributed by atoms with van der Waals surface area (Å²) in [4.78, 5) is 89.8. The molecule has 4 aliphatic heterocycles. The van der Waals surface area contributed by atoms with Crippen molar-refractivity contribution in [1.82, 2.24) is 26.6 Å². The van der Waals surface area contributed by atoms with E-state index >= 15 is 0 Å². The number of benzene rings is 4. The van der Waals surface area contributed by atoms with Gasteiger partial charge in [-0.3, -0.25) is 19.2 Å². The zero-order valence-electron chi connectivity index (χ0n) is 35.4. The third-order valence-electron chi connectivity index (χ3n) is 10.2. The van der Waals surface area contributed by atoms with Gasteiger partial charge < -0.3 is 55.0 Å². The molecule has 7 bridgehead atoms. The first-order valence-electron chi connectivity index (χ1n) is 19.8. The Balaban J connectivity index is 1.58. The lowest BCUT2D eigenvalue weighted by Gasteiger charge is -2.27. The lowest BCUT2D eigenvalue weighted by Crippen LogP contribution is -2.55. The summed E-state index contributed by atoms with van der Waals surface area (Å²) < 4.78 is 33.7. The van der Waals surface area contributed by atoms with Crippen LogP contribution in [0.25, 0.3) is 9.95 Å². The lowest BCUT2D eigenvalue weighted by atomic mass is 9.99. The van der Waals surface area contributed by atoms with Crippen LogP contribution in [0.4, 0.5) is 16.2 Å². The van der Waals surface area contributed by atoms with Crippen molar-refractivity contribution in [1.29, 1.82) is 10.8 Å². The van der Waals surface area contributed by atoms with E-state index in [0.29, 0.717) is 16.9 Å². The SMILES string of the molecule is C=CCOC(=O)NC1Cc2ccc(c([N+]#N)c2)Oc2cc3cc(c2OC)Oc2ccc(cc2[N+]#N)CC(C(=O)OC)NC(=O)C(c2ccc(OC)cc2)NC(=O)C3NC(=O)C(C)NC1=O. The largest absolute Gasteiger partial charge is 0.497 e. The third kappa shape index (κ3) is 10.7. The number of carbonyl (C=O) groups excluding carboxylic acids is 6. The number of nitrogens with one attached hydrogen (secondary N) is 5. The maximum Gasteiger partial charge on any atom is 0.427 e. The fourth-order valence-electron chi connectivity index (χ4n) is 6.92. The molecule has 0 saturated heterocycles. The smallest absolute Gasteiger partial charge is 0.427 e. The number of diazo groups is 2. The highest BCUT2D eigenvalue weighted by Gasteiger charge is 2.36. The number of hydrogen-bond donors (Lipinski definition) is 5.